The van der Waals surface area contributed by atoms with E-state index in [1.165, 1.54) is 0 Å². The van der Waals surface area contributed by atoms with Crippen molar-refractivity contribution in [1.82, 2.24) is 19.9 Å². The lowest BCUT2D eigenvalue weighted by Gasteiger charge is -2.00. The highest BCUT2D eigenvalue weighted by molar-refractivity contribution is 5.65. The van der Waals surface area contributed by atoms with Gasteiger partial charge in [-0.1, -0.05) is 24.3 Å². The third kappa shape index (κ3) is 1.50. The number of aromatic amines is 2. The second-order valence-electron chi connectivity index (χ2n) is 3.51. The fourth-order valence-corrected chi connectivity index (χ4v) is 1.66. The van der Waals surface area contributed by atoms with Crippen molar-refractivity contribution in [2.75, 3.05) is 0 Å². The topological polar surface area (TPSA) is 57.4 Å². The molecule has 0 fully saturated rings. The van der Waals surface area contributed by atoms with E-state index < -0.39 is 0 Å². The van der Waals surface area contributed by atoms with Gasteiger partial charge in [0.05, 0.1) is 36.4 Å². The molecule has 0 saturated carbocycles. The first-order chi connectivity index (χ1) is 7.93. The van der Waals surface area contributed by atoms with Crippen molar-refractivity contribution in [3.63, 3.8) is 0 Å². The van der Waals surface area contributed by atoms with Gasteiger partial charge in [-0.25, -0.2) is 9.97 Å². The maximum absolute atomic E-state index is 4.00. The third-order valence-electron chi connectivity index (χ3n) is 2.50. The number of nitrogens with one attached hydrogen (secondary N) is 2. The number of hydrogen-bond donors (Lipinski definition) is 2. The van der Waals surface area contributed by atoms with Gasteiger partial charge in [0.2, 0.25) is 0 Å². The molecular weight excluding hydrogens is 200 g/mol. The minimum atomic E-state index is 1.02. The molecule has 78 valence electrons. The molecule has 0 aliphatic rings. The molecule has 3 aromatic rings. The van der Waals surface area contributed by atoms with Gasteiger partial charge in [0.1, 0.15) is 0 Å². The van der Waals surface area contributed by atoms with E-state index in [0.717, 1.165) is 22.5 Å². The van der Waals surface area contributed by atoms with Gasteiger partial charge in [-0.2, -0.15) is 0 Å². The predicted octanol–water partition coefficient (Wildman–Crippen LogP) is 2.47. The zero-order chi connectivity index (χ0) is 10.8. The Labute approximate surface area is 92.4 Å². The minimum Gasteiger partial charge on any atom is -0.345 e. The summed E-state index contributed by atoms with van der Waals surface area (Å²) < 4.78 is 0. The van der Waals surface area contributed by atoms with Crippen LogP contribution in [0.3, 0.4) is 0 Å². The Hall–Kier alpha value is -2.36. The molecule has 0 atom stereocenters. The third-order valence-corrected chi connectivity index (χ3v) is 2.50. The first-order valence-corrected chi connectivity index (χ1v) is 5.01. The van der Waals surface area contributed by atoms with Crippen LogP contribution in [0.5, 0.6) is 0 Å². The summed E-state index contributed by atoms with van der Waals surface area (Å²) in [6.45, 7) is 0. The second-order valence-corrected chi connectivity index (χ2v) is 3.51. The van der Waals surface area contributed by atoms with Crippen molar-refractivity contribution in [3.8, 4) is 22.5 Å². The number of aromatic nitrogens is 4. The van der Waals surface area contributed by atoms with E-state index in [-0.39, 0.29) is 0 Å². The summed E-state index contributed by atoms with van der Waals surface area (Å²) in [6, 6.07) is 8.24. The highest BCUT2D eigenvalue weighted by Crippen LogP contribution is 2.21. The van der Waals surface area contributed by atoms with Crippen LogP contribution in [0.2, 0.25) is 0 Å². The number of rotatable bonds is 2. The van der Waals surface area contributed by atoms with Crippen LogP contribution in [-0.4, -0.2) is 19.9 Å². The van der Waals surface area contributed by atoms with Gasteiger partial charge in [0.15, 0.2) is 0 Å². The molecule has 2 N–H and O–H groups in total. The average Bonchev–Trinajstić information content (AvgIpc) is 3.03. The number of imidazole rings is 2. The van der Waals surface area contributed by atoms with E-state index in [2.05, 4.69) is 44.2 Å². The molecule has 0 radical (unpaired) electrons. The Morgan fingerprint density at radius 1 is 0.688 bits per heavy atom. The zero-order valence-corrected chi connectivity index (χ0v) is 8.51. The van der Waals surface area contributed by atoms with Crippen molar-refractivity contribution in [1.29, 1.82) is 0 Å². The van der Waals surface area contributed by atoms with Crippen LogP contribution in [0.1, 0.15) is 0 Å². The monoisotopic (exact) mass is 210 g/mol. The minimum absolute atomic E-state index is 1.02. The molecular formula is C12H10N4. The summed E-state index contributed by atoms with van der Waals surface area (Å²) in [5.74, 6) is 0. The molecule has 0 spiro atoms. The van der Waals surface area contributed by atoms with Crippen molar-refractivity contribution in [2.24, 2.45) is 0 Å². The van der Waals surface area contributed by atoms with Gasteiger partial charge in [-0.15, -0.1) is 0 Å². The van der Waals surface area contributed by atoms with E-state index in [4.69, 9.17) is 0 Å². The summed E-state index contributed by atoms with van der Waals surface area (Å²) >= 11 is 0. The van der Waals surface area contributed by atoms with Crippen LogP contribution >= 0.6 is 0 Å². The first-order valence-electron chi connectivity index (χ1n) is 5.01. The summed E-state index contributed by atoms with van der Waals surface area (Å²) in [5, 5.41) is 0. The standard InChI is InChI=1S/C12H10N4/c1-2-10(12-6-14-8-16-12)4-3-9(1)11-5-13-7-15-11/h1-8H,(H,13,15)(H,14,16). The van der Waals surface area contributed by atoms with Gasteiger partial charge < -0.3 is 9.97 Å². The molecule has 1 aromatic carbocycles. The number of H-pyrrole nitrogens is 2. The van der Waals surface area contributed by atoms with Gasteiger partial charge in [0.25, 0.3) is 0 Å². The van der Waals surface area contributed by atoms with E-state index >= 15 is 0 Å². The lowest BCUT2D eigenvalue weighted by Crippen LogP contribution is -1.79. The Kier molecular flexibility index (Phi) is 2.04. The Bertz CT molecular complexity index is 496. The van der Waals surface area contributed by atoms with Crippen LogP contribution < -0.4 is 0 Å². The van der Waals surface area contributed by atoms with E-state index in [1.54, 1.807) is 12.7 Å². The summed E-state index contributed by atoms with van der Waals surface area (Å²) in [5.41, 5.74) is 4.30. The summed E-state index contributed by atoms with van der Waals surface area (Å²) in [7, 11) is 0. The highest BCUT2D eigenvalue weighted by atomic mass is 14.9. The van der Waals surface area contributed by atoms with Crippen molar-refractivity contribution in [3.05, 3.63) is 49.3 Å². The lowest BCUT2D eigenvalue weighted by atomic mass is 10.1. The number of benzene rings is 1. The van der Waals surface area contributed by atoms with Crippen LogP contribution in [0.15, 0.2) is 49.3 Å². The zero-order valence-electron chi connectivity index (χ0n) is 8.51. The average molecular weight is 210 g/mol. The lowest BCUT2D eigenvalue weighted by molar-refractivity contribution is 1.31. The fourth-order valence-electron chi connectivity index (χ4n) is 1.66. The molecule has 4 nitrogen and oxygen atoms in total. The fraction of sp³-hybridized carbons (Fsp3) is 0. The molecule has 0 saturated heterocycles. The van der Waals surface area contributed by atoms with Gasteiger partial charge >= 0.3 is 0 Å². The van der Waals surface area contributed by atoms with Crippen molar-refractivity contribution in [2.45, 2.75) is 0 Å². The van der Waals surface area contributed by atoms with Gasteiger partial charge in [-0.3, -0.25) is 0 Å². The van der Waals surface area contributed by atoms with E-state index in [1.807, 2.05) is 12.4 Å². The molecule has 0 bridgehead atoms. The van der Waals surface area contributed by atoms with Crippen LogP contribution in [0, 0.1) is 0 Å². The van der Waals surface area contributed by atoms with Crippen LogP contribution in [-0.2, 0) is 0 Å². The molecule has 0 aliphatic heterocycles. The largest absolute Gasteiger partial charge is 0.345 e. The molecule has 0 amide bonds. The Morgan fingerprint density at radius 2 is 1.12 bits per heavy atom. The first kappa shape index (κ1) is 8.91. The molecule has 3 rings (SSSR count). The highest BCUT2D eigenvalue weighted by Gasteiger charge is 2.01. The Morgan fingerprint density at radius 3 is 1.44 bits per heavy atom. The quantitative estimate of drug-likeness (QED) is 0.682. The Balaban J connectivity index is 1.97. The predicted molar refractivity (Wildman–Crippen MR) is 61.6 cm³/mol. The molecule has 4 heteroatoms. The molecule has 2 heterocycles. The number of nitrogens with zero attached hydrogens (tertiary/aromatic N) is 2. The summed E-state index contributed by atoms with van der Waals surface area (Å²) in [6.07, 6.45) is 6.98. The maximum Gasteiger partial charge on any atom is 0.0924 e. The SMILES string of the molecule is c1ncc(-c2ccc(-c3cnc[nH]3)cc2)[nH]1. The number of hydrogen-bond acceptors (Lipinski definition) is 2. The second kappa shape index (κ2) is 3.66. The summed E-state index contributed by atoms with van der Waals surface area (Å²) in [4.78, 5) is 14.2. The van der Waals surface area contributed by atoms with Gasteiger partial charge in [-0.05, 0) is 11.1 Å². The molecule has 0 aliphatic carbocycles. The van der Waals surface area contributed by atoms with Gasteiger partial charge in [0, 0.05) is 0 Å². The molecule has 2 aromatic heterocycles. The van der Waals surface area contributed by atoms with E-state index in [9.17, 15) is 0 Å². The van der Waals surface area contributed by atoms with Crippen molar-refractivity contribution >= 4 is 0 Å². The maximum atomic E-state index is 4.00. The van der Waals surface area contributed by atoms with Crippen LogP contribution in [0.4, 0.5) is 0 Å². The normalized spacial score (nSPS) is 10.5. The molecule has 16 heavy (non-hydrogen) atoms. The molecule has 0 unspecified atom stereocenters. The van der Waals surface area contributed by atoms with Crippen LogP contribution in [0.25, 0.3) is 22.5 Å². The van der Waals surface area contributed by atoms with E-state index in [0.29, 0.717) is 0 Å². The van der Waals surface area contributed by atoms with Crippen molar-refractivity contribution < 1.29 is 0 Å². The smallest absolute Gasteiger partial charge is 0.0924 e.